The number of likely N-dealkylation sites (tertiary alicyclic amines) is 1. The van der Waals surface area contributed by atoms with E-state index in [-0.39, 0.29) is 17.9 Å². The van der Waals surface area contributed by atoms with E-state index in [0.29, 0.717) is 19.6 Å². The fourth-order valence-corrected chi connectivity index (χ4v) is 2.64. The predicted octanol–water partition coefficient (Wildman–Crippen LogP) is 2.62. The van der Waals surface area contributed by atoms with Crippen LogP contribution in [-0.2, 0) is 6.54 Å². The molecule has 1 atom stereocenters. The highest BCUT2D eigenvalue weighted by Crippen LogP contribution is 2.15. The standard InChI is InChI=1S/C17H19FN4O/c18-14-5-3-13(4-6-14)10-20-17(23)22-9-7-16(12-22)21-15-2-1-8-19-11-15/h1-6,8,11,16,21H,7,9-10,12H2,(H,20,23)/t16-/m1/s1. The van der Waals surface area contributed by atoms with E-state index in [4.69, 9.17) is 0 Å². The molecule has 5 nitrogen and oxygen atoms in total. The van der Waals surface area contributed by atoms with Crippen LogP contribution in [0, 0.1) is 5.82 Å². The lowest BCUT2D eigenvalue weighted by Crippen LogP contribution is -2.39. The van der Waals surface area contributed by atoms with Crippen LogP contribution < -0.4 is 10.6 Å². The van der Waals surface area contributed by atoms with Crippen molar-refractivity contribution in [2.45, 2.75) is 19.0 Å². The van der Waals surface area contributed by atoms with Gasteiger partial charge in [0.25, 0.3) is 0 Å². The van der Waals surface area contributed by atoms with Crippen LogP contribution in [0.25, 0.3) is 0 Å². The first-order chi connectivity index (χ1) is 11.2. The van der Waals surface area contributed by atoms with E-state index in [2.05, 4.69) is 15.6 Å². The smallest absolute Gasteiger partial charge is 0.317 e. The molecule has 6 heteroatoms. The zero-order chi connectivity index (χ0) is 16.1. The summed E-state index contributed by atoms with van der Waals surface area (Å²) in [5, 5.41) is 6.25. The molecule has 2 N–H and O–H groups in total. The number of carbonyl (C=O) groups excluding carboxylic acids is 1. The third-order valence-corrected chi connectivity index (χ3v) is 3.86. The SMILES string of the molecule is O=C(NCc1ccc(F)cc1)N1CC[C@@H](Nc2cccnc2)C1. The van der Waals surface area contributed by atoms with Crippen molar-refractivity contribution in [3.05, 3.63) is 60.2 Å². The van der Waals surface area contributed by atoms with E-state index in [1.807, 2.05) is 12.1 Å². The Labute approximate surface area is 134 Å². The van der Waals surface area contributed by atoms with E-state index < -0.39 is 0 Å². The number of aromatic nitrogens is 1. The Morgan fingerprint density at radius 1 is 1.30 bits per heavy atom. The molecule has 1 aliphatic heterocycles. The van der Waals surface area contributed by atoms with Crippen molar-refractivity contribution >= 4 is 11.7 Å². The summed E-state index contributed by atoms with van der Waals surface area (Å²) in [6.07, 6.45) is 4.41. The Kier molecular flexibility index (Phi) is 4.71. The highest BCUT2D eigenvalue weighted by atomic mass is 19.1. The molecular formula is C17H19FN4O. The van der Waals surface area contributed by atoms with Crippen LogP contribution >= 0.6 is 0 Å². The van der Waals surface area contributed by atoms with E-state index >= 15 is 0 Å². The summed E-state index contributed by atoms with van der Waals surface area (Å²) in [4.78, 5) is 18.0. The summed E-state index contributed by atoms with van der Waals surface area (Å²) < 4.78 is 12.8. The number of nitrogens with zero attached hydrogens (tertiary/aromatic N) is 2. The van der Waals surface area contributed by atoms with E-state index in [9.17, 15) is 9.18 Å². The number of hydrogen-bond acceptors (Lipinski definition) is 3. The lowest BCUT2D eigenvalue weighted by Gasteiger charge is -2.18. The Balaban J connectivity index is 1.46. The van der Waals surface area contributed by atoms with Gasteiger partial charge in [-0.3, -0.25) is 4.98 Å². The van der Waals surface area contributed by atoms with Crippen molar-refractivity contribution in [3.63, 3.8) is 0 Å². The molecule has 2 heterocycles. The zero-order valence-corrected chi connectivity index (χ0v) is 12.7. The monoisotopic (exact) mass is 314 g/mol. The minimum absolute atomic E-state index is 0.0928. The number of carbonyl (C=O) groups is 1. The average molecular weight is 314 g/mol. The van der Waals surface area contributed by atoms with Gasteiger partial charge in [0.15, 0.2) is 0 Å². The first-order valence-corrected chi connectivity index (χ1v) is 7.64. The third kappa shape index (κ3) is 4.18. The first kappa shape index (κ1) is 15.3. The van der Waals surface area contributed by atoms with Gasteiger partial charge in [0.1, 0.15) is 5.82 Å². The Hall–Kier alpha value is -2.63. The maximum atomic E-state index is 12.8. The predicted molar refractivity (Wildman–Crippen MR) is 86.5 cm³/mol. The second kappa shape index (κ2) is 7.09. The molecule has 1 fully saturated rings. The summed E-state index contributed by atoms with van der Waals surface area (Å²) in [6.45, 7) is 1.77. The Morgan fingerprint density at radius 2 is 2.13 bits per heavy atom. The topological polar surface area (TPSA) is 57.3 Å². The molecule has 1 aliphatic rings. The molecule has 1 aromatic carbocycles. The van der Waals surface area contributed by atoms with E-state index in [1.54, 1.807) is 29.4 Å². The van der Waals surface area contributed by atoms with Crippen molar-refractivity contribution in [1.82, 2.24) is 15.2 Å². The van der Waals surface area contributed by atoms with Gasteiger partial charge in [0, 0.05) is 38.1 Å². The second-order valence-corrected chi connectivity index (χ2v) is 5.60. The first-order valence-electron chi connectivity index (χ1n) is 7.64. The van der Waals surface area contributed by atoms with Gasteiger partial charge in [0.05, 0.1) is 5.69 Å². The molecule has 1 saturated heterocycles. The van der Waals surface area contributed by atoms with Gasteiger partial charge >= 0.3 is 6.03 Å². The lowest BCUT2D eigenvalue weighted by molar-refractivity contribution is 0.208. The highest BCUT2D eigenvalue weighted by Gasteiger charge is 2.25. The number of benzene rings is 1. The van der Waals surface area contributed by atoms with Crippen molar-refractivity contribution in [2.75, 3.05) is 18.4 Å². The molecule has 0 bridgehead atoms. The minimum atomic E-state index is -0.274. The molecule has 1 aromatic heterocycles. The quantitative estimate of drug-likeness (QED) is 0.912. The van der Waals surface area contributed by atoms with Crippen LogP contribution in [0.3, 0.4) is 0 Å². The van der Waals surface area contributed by atoms with Crippen molar-refractivity contribution in [3.8, 4) is 0 Å². The number of amides is 2. The molecule has 0 aliphatic carbocycles. The number of halogens is 1. The second-order valence-electron chi connectivity index (χ2n) is 5.60. The van der Waals surface area contributed by atoms with Gasteiger partial charge in [-0.05, 0) is 36.2 Å². The van der Waals surface area contributed by atoms with Crippen LogP contribution in [0.2, 0.25) is 0 Å². The van der Waals surface area contributed by atoms with Crippen LogP contribution in [0.15, 0.2) is 48.8 Å². The number of urea groups is 1. The molecular weight excluding hydrogens is 295 g/mol. The molecule has 0 unspecified atom stereocenters. The number of hydrogen-bond donors (Lipinski definition) is 2. The molecule has 3 rings (SSSR count). The van der Waals surface area contributed by atoms with E-state index in [1.165, 1.54) is 12.1 Å². The minimum Gasteiger partial charge on any atom is -0.379 e. The number of nitrogens with one attached hydrogen (secondary N) is 2. The van der Waals surface area contributed by atoms with Gasteiger partial charge in [-0.2, -0.15) is 0 Å². The molecule has 2 aromatic rings. The maximum Gasteiger partial charge on any atom is 0.317 e. The fourth-order valence-electron chi connectivity index (χ4n) is 2.64. The summed E-state index contributed by atoms with van der Waals surface area (Å²) in [5.41, 5.74) is 1.84. The Bertz CT molecular complexity index is 647. The molecule has 0 spiro atoms. The van der Waals surface area contributed by atoms with Gasteiger partial charge in [-0.15, -0.1) is 0 Å². The Morgan fingerprint density at radius 3 is 2.87 bits per heavy atom. The van der Waals surface area contributed by atoms with Crippen molar-refractivity contribution in [1.29, 1.82) is 0 Å². The number of rotatable bonds is 4. The normalized spacial score (nSPS) is 17.1. The lowest BCUT2D eigenvalue weighted by atomic mass is 10.2. The summed E-state index contributed by atoms with van der Waals surface area (Å²) in [6, 6.07) is 10.1. The molecule has 2 amide bonds. The third-order valence-electron chi connectivity index (χ3n) is 3.86. The van der Waals surface area contributed by atoms with Crippen LogP contribution in [0.4, 0.5) is 14.9 Å². The largest absolute Gasteiger partial charge is 0.379 e. The van der Waals surface area contributed by atoms with Gasteiger partial charge in [-0.25, -0.2) is 9.18 Å². The summed E-state index contributed by atoms with van der Waals surface area (Å²) >= 11 is 0. The van der Waals surface area contributed by atoms with Gasteiger partial charge < -0.3 is 15.5 Å². The zero-order valence-electron chi connectivity index (χ0n) is 12.7. The summed E-state index contributed by atoms with van der Waals surface area (Å²) in [7, 11) is 0. The summed E-state index contributed by atoms with van der Waals surface area (Å²) in [5.74, 6) is -0.274. The van der Waals surface area contributed by atoms with Crippen molar-refractivity contribution < 1.29 is 9.18 Å². The number of pyridine rings is 1. The molecule has 120 valence electrons. The van der Waals surface area contributed by atoms with Gasteiger partial charge in [-0.1, -0.05) is 12.1 Å². The van der Waals surface area contributed by atoms with Crippen molar-refractivity contribution in [2.24, 2.45) is 0 Å². The molecule has 0 radical (unpaired) electrons. The average Bonchev–Trinajstić information content (AvgIpc) is 3.03. The van der Waals surface area contributed by atoms with Crippen LogP contribution in [-0.4, -0.2) is 35.0 Å². The highest BCUT2D eigenvalue weighted by molar-refractivity contribution is 5.74. The van der Waals surface area contributed by atoms with E-state index in [0.717, 1.165) is 17.7 Å². The van der Waals surface area contributed by atoms with Crippen LogP contribution in [0.5, 0.6) is 0 Å². The molecule has 23 heavy (non-hydrogen) atoms. The fraction of sp³-hybridized carbons (Fsp3) is 0.294. The molecule has 0 saturated carbocycles. The maximum absolute atomic E-state index is 12.8. The van der Waals surface area contributed by atoms with Gasteiger partial charge in [0.2, 0.25) is 0 Å². The number of anilines is 1. The van der Waals surface area contributed by atoms with Crippen LogP contribution in [0.1, 0.15) is 12.0 Å².